The van der Waals surface area contributed by atoms with Crippen LogP contribution in [0.3, 0.4) is 0 Å². The lowest BCUT2D eigenvalue weighted by molar-refractivity contribution is -0.0446. The van der Waals surface area contributed by atoms with Crippen LogP contribution in [0.25, 0.3) is 0 Å². The molecule has 0 unspecified atom stereocenters. The van der Waals surface area contributed by atoms with Crippen molar-refractivity contribution >= 4 is 52.1 Å². The zero-order valence-electron chi connectivity index (χ0n) is 16.0. The summed E-state index contributed by atoms with van der Waals surface area (Å²) in [6.07, 6.45) is -2.20. The van der Waals surface area contributed by atoms with Crippen molar-refractivity contribution in [3.63, 3.8) is 0 Å². The average Bonchev–Trinajstić information content (AvgIpc) is 3.15. The molecule has 1 aromatic heterocycles. The molecule has 2 aliphatic rings. The van der Waals surface area contributed by atoms with Gasteiger partial charge in [-0.25, -0.2) is 9.66 Å². The molecule has 4 rings (SSSR count). The van der Waals surface area contributed by atoms with Gasteiger partial charge >= 0.3 is 0 Å². The SMILES string of the molecule is C[C@H]1CN([P@]2(=S)OC(c3cccs3)=Nc3cc(N(C)C)ccc32)C[C@H](C)O1. The number of aliphatic imine (C=N–C) groups is 1. The summed E-state index contributed by atoms with van der Waals surface area (Å²) >= 11 is 7.89. The predicted octanol–water partition coefficient (Wildman–Crippen LogP) is 3.97. The van der Waals surface area contributed by atoms with E-state index in [1.807, 2.05) is 31.6 Å². The van der Waals surface area contributed by atoms with Crippen LogP contribution in [0.4, 0.5) is 11.4 Å². The summed E-state index contributed by atoms with van der Waals surface area (Å²) < 4.78 is 14.8. The summed E-state index contributed by atoms with van der Waals surface area (Å²) in [5, 5.41) is 3.07. The molecule has 2 aliphatic heterocycles. The second kappa shape index (κ2) is 7.30. The number of benzene rings is 1. The lowest BCUT2D eigenvalue weighted by Crippen LogP contribution is -2.46. The van der Waals surface area contributed by atoms with E-state index in [4.69, 9.17) is 26.1 Å². The molecule has 0 aliphatic carbocycles. The molecular weight excluding hydrogens is 397 g/mol. The minimum atomic E-state index is -2.46. The normalized spacial score (nSPS) is 28.2. The van der Waals surface area contributed by atoms with Crippen molar-refractivity contribution in [1.82, 2.24) is 4.67 Å². The maximum absolute atomic E-state index is 6.52. The minimum absolute atomic E-state index is 0.130. The molecule has 8 heteroatoms. The lowest BCUT2D eigenvalue weighted by atomic mass is 10.2. The number of hydrogen-bond acceptors (Lipinski definition) is 6. The molecule has 3 atom stereocenters. The van der Waals surface area contributed by atoms with E-state index in [1.165, 1.54) is 0 Å². The second-order valence-corrected chi connectivity index (χ2v) is 11.9. The van der Waals surface area contributed by atoms with Gasteiger partial charge < -0.3 is 14.2 Å². The Morgan fingerprint density at radius 3 is 2.59 bits per heavy atom. The number of rotatable bonds is 3. The number of nitrogens with zero attached hydrogens (tertiary/aromatic N) is 3. The Labute approximate surface area is 169 Å². The van der Waals surface area contributed by atoms with E-state index in [0.29, 0.717) is 5.90 Å². The van der Waals surface area contributed by atoms with Gasteiger partial charge in [-0.05, 0) is 55.3 Å². The first-order chi connectivity index (χ1) is 12.9. The molecule has 0 saturated carbocycles. The van der Waals surface area contributed by atoms with Crippen molar-refractivity contribution in [3.05, 3.63) is 40.6 Å². The molecule has 0 radical (unpaired) electrons. The Hall–Kier alpha value is -1.24. The van der Waals surface area contributed by atoms with E-state index in [0.717, 1.165) is 34.6 Å². The first-order valence-electron chi connectivity index (χ1n) is 9.02. The molecule has 0 amide bonds. The molecule has 3 heterocycles. The first-order valence-corrected chi connectivity index (χ1v) is 12.6. The van der Waals surface area contributed by atoms with Crippen LogP contribution in [0.5, 0.6) is 0 Å². The summed E-state index contributed by atoms with van der Waals surface area (Å²) in [4.78, 5) is 7.94. The molecule has 144 valence electrons. The van der Waals surface area contributed by atoms with E-state index >= 15 is 0 Å². The molecule has 27 heavy (non-hydrogen) atoms. The summed E-state index contributed by atoms with van der Waals surface area (Å²) in [6.45, 7) is 5.74. The molecule has 0 bridgehead atoms. The summed E-state index contributed by atoms with van der Waals surface area (Å²) in [7, 11) is 4.07. The van der Waals surface area contributed by atoms with Crippen LogP contribution in [0.1, 0.15) is 18.7 Å². The van der Waals surface area contributed by atoms with E-state index in [9.17, 15) is 0 Å². The number of thiophene rings is 1. The minimum Gasteiger partial charge on any atom is -0.430 e. The van der Waals surface area contributed by atoms with E-state index in [-0.39, 0.29) is 12.2 Å². The topological polar surface area (TPSA) is 37.3 Å². The fourth-order valence-electron chi connectivity index (χ4n) is 3.49. The summed E-state index contributed by atoms with van der Waals surface area (Å²) in [6, 6.07) is 10.4. The molecule has 2 aromatic rings. The third kappa shape index (κ3) is 3.59. The highest BCUT2D eigenvalue weighted by Crippen LogP contribution is 2.56. The Morgan fingerprint density at radius 1 is 1.22 bits per heavy atom. The van der Waals surface area contributed by atoms with E-state index < -0.39 is 6.42 Å². The Balaban J connectivity index is 1.83. The van der Waals surface area contributed by atoms with Crippen LogP contribution in [0.2, 0.25) is 0 Å². The number of morpholine rings is 1. The van der Waals surface area contributed by atoms with Crippen molar-refractivity contribution in [3.8, 4) is 0 Å². The first kappa shape index (κ1) is 19.1. The van der Waals surface area contributed by atoms with Gasteiger partial charge in [-0.15, -0.1) is 11.3 Å². The van der Waals surface area contributed by atoms with E-state index in [1.54, 1.807) is 11.3 Å². The largest absolute Gasteiger partial charge is 0.430 e. The molecule has 0 spiro atoms. The highest BCUT2D eigenvalue weighted by molar-refractivity contribution is 8.15. The monoisotopic (exact) mass is 421 g/mol. The van der Waals surface area contributed by atoms with Crippen molar-refractivity contribution in [1.29, 1.82) is 0 Å². The third-order valence-corrected chi connectivity index (χ3v) is 9.56. The molecule has 1 aromatic carbocycles. The maximum atomic E-state index is 6.52. The number of anilines is 1. The molecular formula is C19H24N3O2PS2. The Morgan fingerprint density at radius 2 is 1.96 bits per heavy atom. The van der Waals surface area contributed by atoms with Crippen LogP contribution in [-0.4, -0.2) is 50.0 Å². The zero-order chi connectivity index (χ0) is 19.2. The average molecular weight is 422 g/mol. The lowest BCUT2D eigenvalue weighted by Gasteiger charge is -2.43. The van der Waals surface area contributed by atoms with Gasteiger partial charge in [0, 0.05) is 32.9 Å². The van der Waals surface area contributed by atoms with Crippen molar-refractivity contribution < 1.29 is 9.26 Å². The Bertz CT molecular complexity index is 904. The van der Waals surface area contributed by atoms with Crippen LogP contribution < -0.4 is 10.2 Å². The number of hydrogen-bond donors (Lipinski definition) is 0. The zero-order valence-corrected chi connectivity index (χ0v) is 18.5. The molecule has 1 fully saturated rings. The standard InChI is InChI=1S/C19H24N3O2PS2/c1-13-11-22(12-14(2)23-13)25(26)17-8-7-15(21(3)4)10-16(17)20-19(24-25)18-6-5-9-27-18/h5-10,13-14H,11-12H2,1-4H3/t13-,14-,25-/m0/s1. The molecule has 0 N–H and O–H groups in total. The van der Waals surface area contributed by atoms with Gasteiger partial charge in [0.25, 0.3) is 0 Å². The van der Waals surface area contributed by atoms with Gasteiger partial charge in [-0.3, -0.25) is 0 Å². The highest BCUT2D eigenvalue weighted by Gasteiger charge is 2.40. The van der Waals surface area contributed by atoms with Gasteiger partial charge in [0.1, 0.15) is 0 Å². The van der Waals surface area contributed by atoms with Gasteiger partial charge in [0.05, 0.1) is 28.1 Å². The molecule has 1 saturated heterocycles. The summed E-state index contributed by atoms with van der Waals surface area (Å²) in [5.74, 6) is 0.642. The number of fused-ring (bicyclic) bond motifs is 1. The Kier molecular flexibility index (Phi) is 5.16. The fraction of sp³-hybridized carbons (Fsp3) is 0.421. The fourth-order valence-corrected chi connectivity index (χ4v) is 7.73. The molecule has 5 nitrogen and oxygen atoms in total. The quantitative estimate of drug-likeness (QED) is 0.701. The second-order valence-electron chi connectivity index (χ2n) is 7.20. The van der Waals surface area contributed by atoms with Gasteiger partial charge in [0.15, 0.2) is 0 Å². The van der Waals surface area contributed by atoms with Crippen molar-refractivity contribution in [2.24, 2.45) is 4.99 Å². The number of ether oxygens (including phenoxy) is 1. The van der Waals surface area contributed by atoms with Gasteiger partial charge in [-0.2, -0.15) is 0 Å². The van der Waals surface area contributed by atoms with Crippen LogP contribution in [-0.2, 0) is 21.1 Å². The van der Waals surface area contributed by atoms with Crippen LogP contribution >= 0.6 is 17.8 Å². The summed E-state index contributed by atoms with van der Waals surface area (Å²) in [5.41, 5.74) is 2.03. The smallest absolute Gasteiger partial charge is 0.236 e. The highest BCUT2D eigenvalue weighted by atomic mass is 32.4. The third-order valence-electron chi connectivity index (χ3n) is 4.72. The van der Waals surface area contributed by atoms with Crippen molar-refractivity contribution in [2.45, 2.75) is 26.1 Å². The predicted molar refractivity (Wildman–Crippen MR) is 118 cm³/mol. The maximum Gasteiger partial charge on any atom is 0.236 e. The van der Waals surface area contributed by atoms with Gasteiger partial charge in [-0.1, -0.05) is 6.07 Å². The van der Waals surface area contributed by atoms with Gasteiger partial charge in [0.2, 0.25) is 12.3 Å². The van der Waals surface area contributed by atoms with E-state index in [2.05, 4.69) is 41.6 Å². The van der Waals surface area contributed by atoms with Crippen molar-refractivity contribution in [2.75, 3.05) is 32.1 Å². The van der Waals surface area contributed by atoms with Crippen LogP contribution in [0.15, 0.2) is 40.7 Å². The van der Waals surface area contributed by atoms with Crippen LogP contribution in [0, 0.1) is 0 Å².